The summed E-state index contributed by atoms with van der Waals surface area (Å²) in [6.07, 6.45) is -1.42. The van der Waals surface area contributed by atoms with Gasteiger partial charge in [-0.2, -0.15) is 18.3 Å². The van der Waals surface area contributed by atoms with E-state index in [1.807, 2.05) is 4.57 Å². The predicted molar refractivity (Wildman–Crippen MR) is 92.7 cm³/mol. The Morgan fingerprint density at radius 2 is 1.97 bits per heavy atom. The lowest BCUT2D eigenvalue weighted by Gasteiger charge is -2.15. The molecule has 29 heavy (non-hydrogen) atoms. The minimum absolute atomic E-state index is 0.0754. The van der Waals surface area contributed by atoms with Crippen LogP contribution in [-0.4, -0.2) is 30.5 Å². The summed E-state index contributed by atoms with van der Waals surface area (Å²) >= 11 is 0. The first kappa shape index (κ1) is 19.1. The van der Waals surface area contributed by atoms with E-state index < -0.39 is 34.8 Å². The lowest BCUT2D eigenvalue weighted by atomic mass is 10.1. The van der Waals surface area contributed by atoms with E-state index in [0.29, 0.717) is 17.1 Å². The highest BCUT2D eigenvalue weighted by Crippen LogP contribution is 2.34. The van der Waals surface area contributed by atoms with Crippen LogP contribution in [-0.2, 0) is 25.7 Å². The average Bonchev–Trinajstić information content (AvgIpc) is 3.31. The second-order valence-corrected chi connectivity index (χ2v) is 6.59. The second-order valence-electron chi connectivity index (χ2n) is 6.59. The van der Waals surface area contributed by atoms with Gasteiger partial charge >= 0.3 is 6.18 Å². The van der Waals surface area contributed by atoms with E-state index in [1.54, 1.807) is 0 Å². The number of fused-ring (bicyclic) bond motifs is 1. The molecule has 2 aromatic heterocycles. The first-order valence-corrected chi connectivity index (χ1v) is 8.95. The van der Waals surface area contributed by atoms with Crippen molar-refractivity contribution >= 4 is 5.91 Å². The SMILES string of the molecule is O=C(NCc1nnc2n1CCCC2)c1cnn(-c2ccccc2F)c1C(F)(F)F. The van der Waals surface area contributed by atoms with E-state index in [9.17, 15) is 22.4 Å². The molecule has 1 N–H and O–H groups in total. The smallest absolute Gasteiger partial charge is 0.345 e. The third kappa shape index (κ3) is 3.59. The van der Waals surface area contributed by atoms with Crippen molar-refractivity contribution in [3.8, 4) is 5.69 Å². The number of hydrogen-bond donors (Lipinski definition) is 1. The lowest BCUT2D eigenvalue weighted by Crippen LogP contribution is -2.28. The van der Waals surface area contributed by atoms with E-state index >= 15 is 0 Å². The summed E-state index contributed by atoms with van der Waals surface area (Å²) in [5, 5.41) is 14.1. The fourth-order valence-corrected chi connectivity index (χ4v) is 3.35. The van der Waals surface area contributed by atoms with Crippen molar-refractivity contribution in [2.24, 2.45) is 0 Å². The van der Waals surface area contributed by atoms with E-state index in [2.05, 4.69) is 20.6 Å². The van der Waals surface area contributed by atoms with Crippen LogP contribution in [0.25, 0.3) is 5.69 Å². The van der Waals surface area contributed by atoms with Crippen molar-refractivity contribution in [3.63, 3.8) is 0 Å². The van der Waals surface area contributed by atoms with Crippen molar-refractivity contribution in [2.45, 2.75) is 38.5 Å². The topological polar surface area (TPSA) is 77.6 Å². The molecule has 0 unspecified atom stereocenters. The number of rotatable bonds is 4. The molecule has 152 valence electrons. The molecule has 0 aliphatic carbocycles. The fraction of sp³-hybridized carbons (Fsp3) is 0.333. The summed E-state index contributed by atoms with van der Waals surface area (Å²) < 4.78 is 57.3. The lowest BCUT2D eigenvalue weighted by molar-refractivity contribution is -0.143. The monoisotopic (exact) mass is 408 g/mol. The van der Waals surface area contributed by atoms with Gasteiger partial charge in [-0.05, 0) is 25.0 Å². The number of halogens is 4. The number of nitrogens with zero attached hydrogens (tertiary/aromatic N) is 5. The molecule has 3 heterocycles. The van der Waals surface area contributed by atoms with Crippen molar-refractivity contribution in [3.05, 3.63) is 59.2 Å². The summed E-state index contributed by atoms with van der Waals surface area (Å²) in [6, 6.07) is 4.91. The molecule has 0 saturated carbocycles. The highest BCUT2D eigenvalue weighted by molar-refractivity contribution is 5.95. The van der Waals surface area contributed by atoms with Crippen LogP contribution in [0.5, 0.6) is 0 Å². The number of nitrogens with one attached hydrogen (secondary N) is 1. The van der Waals surface area contributed by atoms with Crippen LogP contribution in [0.3, 0.4) is 0 Å². The van der Waals surface area contributed by atoms with Crippen molar-refractivity contribution in [1.82, 2.24) is 29.9 Å². The van der Waals surface area contributed by atoms with Crippen LogP contribution < -0.4 is 5.32 Å². The molecule has 0 bridgehead atoms. The van der Waals surface area contributed by atoms with E-state index in [0.717, 1.165) is 43.4 Å². The van der Waals surface area contributed by atoms with E-state index in [1.165, 1.54) is 12.1 Å². The molecule has 1 amide bonds. The van der Waals surface area contributed by atoms with Crippen molar-refractivity contribution in [1.29, 1.82) is 0 Å². The Balaban J connectivity index is 1.62. The molecule has 0 radical (unpaired) electrons. The molecule has 0 spiro atoms. The molecular weight excluding hydrogens is 392 g/mol. The second kappa shape index (κ2) is 7.30. The number of amides is 1. The Kier molecular flexibility index (Phi) is 4.81. The largest absolute Gasteiger partial charge is 0.434 e. The van der Waals surface area contributed by atoms with Crippen molar-refractivity contribution in [2.75, 3.05) is 0 Å². The van der Waals surface area contributed by atoms with Crippen LogP contribution in [0.1, 0.15) is 40.5 Å². The van der Waals surface area contributed by atoms with Gasteiger partial charge in [-0.25, -0.2) is 9.07 Å². The molecule has 1 aliphatic rings. The van der Waals surface area contributed by atoms with Gasteiger partial charge in [0.05, 0.1) is 18.3 Å². The van der Waals surface area contributed by atoms with Crippen LogP contribution in [0.15, 0.2) is 30.5 Å². The van der Waals surface area contributed by atoms with Gasteiger partial charge in [0.25, 0.3) is 5.91 Å². The molecule has 0 atom stereocenters. The quantitative estimate of drug-likeness (QED) is 0.674. The van der Waals surface area contributed by atoms with Gasteiger partial charge in [-0.15, -0.1) is 10.2 Å². The molecule has 3 aromatic rings. The Labute approximate surface area is 162 Å². The summed E-state index contributed by atoms with van der Waals surface area (Å²) in [7, 11) is 0. The first-order chi connectivity index (χ1) is 13.9. The van der Waals surface area contributed by atoms with E-state index in [4.69, 9.17) is 0 Å². The highest BCUT2D eigenvalue weighted by Gasteiger charge is 2.41. The number of aromatic nitrogens is 5. The van der Waals surface area contributed by atoms with Gasteiger partial charge in [0.2, 0.25) is 0 Å². The number of hydrogen-bond acceptors (Lipinski definition) is 4. The van der Waals surface area contributed by atoms with Gasteiger partial charge in [0, 0.05) is 13.0 Å². The van der Waals surface area contributed by atoms with Crippen molar-refractivity contribution < 1.29 is 22.4 Å². The highest BCUT2D eigenvalue weighted by atomic mass is 19.4. The van der Waals surface area contributed by atoms with Crippen LogP contribution in [0.2, 0.25) is 0 Å². The Hall–Kier alpha value is -3.24. The zero-order valence-corrected chi connectivity index (χ0v) is 15.1. The van der Waals surface area contributed by atoms with Gasteiger partial charge in [0.1, 0.15) is 17.3 Å². The minimum Gasteiger partial charge on any atom is -0.345 e. The maximum absolute atomic E-state index is 14.0. The standard InChI is InChI=1S/C18H16F4N6O/c19-12-5-1-2-6-13(12)28-16(18(20,21)22)11(9-24-28)17(29)23-10-15-26-25-14-7-3-4-8-27(14)15/h1-2,5-6,9H,3-4,7-8,10H2,(H,23,29). The number of carbonyl (C=O) groups is 1. The molecule has 0 saturated heterocycles. The van der Waals surface area contributed by atoms with Gasteiger partial charge < -0.3 is 9.88 Å². The Morgan fingerprint density at radius 3 is 2.72 bits per heavy atom. The zero-order chi connectivity index (χ0) is 20.6. The number of aryl methyl sites for hydroxylation is 1. The molecular formula is C18H16F4N6O. The van der Waals surface area contributed by atoms with E-state index in [-0.39, 0.29) is 6.54 Å². The third-order valence-electron chi connectivity index (χ3n) is 4.71. The predicted octanol–water partition coefficient (Wildman–Crippen LogP) is 2.89. The first-order valence-electron chi connectivity index (χ1n) is 8.95. The number of alkyl halides is 3. The van der Waals surface area contributed by atoms with Crippen LogP contribution >= 0.6 is 0 Å². The molecule has 7 nitrogen and oxygen atoms in total. The molecule has 4 rings (SSSR count). The maximum atomic E-state index is 14.0. The Morgan fingerprint density at radius 1 is 1.17 bits per heavy atom. The summed E-state index contributed by atoms with van der Waals surface area (Å²) in [6.45, 7) is 0.626. The molecule has 11 heteroatoms. The third-order valence-corrected chi connectivity index (χ3v) is 4.71. The summed E-state index contributed by atoms with van der Waals surface area (Å²) in [4.78, 5) is 12.5. The maximum Gasteiger partial charge on any atom is 0.434 e. The van der Waals surface area contributed by atoms with Crippen LogP contribution in [0, 0.1) is 5.82 Å². The van der Waals surface area contributed by atoms with Gasteiger partial charge in [0.15, 0.2) is 11.5 Å². The number of benzene rings is 1. The normalized spacial score (nSPS) is 13.9. The fourth-order valence-electron chi connectivity index (χ4n) is 3.35. The van der Waals surface area contributed by atoms with Crippen LogP contribution in [0.4, 0.5) is 17.6 Å². The summed E-state index contributed by atoms with van der Waals surface area (Å²) in [5.74, 6) is -0.594. The zero-order valence-electron chi connectivity index (χ0n) is 15.1. The molecule has 0 fully saturated rings. The number of carbonyl (C=O) groups excluding carboxylic acids is 1. The van der Waals surface area contributed by atoms with Gasteiger partial charge in [-0.1, -0.05) is 12.1 Å². The average molecular weight is 408 g/mol. The van der Waals surface area contributed by atoms with Gasteiger partial charge in [-0.3, -0.25) is 4.79 Å². The Bertz CT molecular complexity index is 1060. The minimum atomic E-state index is -4.92. The number of para-hydroxylation sites is 1. The molecule has 1 aromatic carbocycles. The summed E-state index contributed by atoms with van der Waals surface area (Å²) in [5.41, 5.74) is -2.44. The molecule has 1 aliphatic heterocycles.